The quantitative estimate of drug-likeness (QED) is 0.676. The van der Waals surface area contributed by atoms with Gasteiger partial charge in [0.2, 0.25) is 0 Å². The molecule has 0 amide bonds. The summed E-state index contributed by atoms with van der Waals surface area (Å²) < 4.78 is 15.9. The van der Waals surface area contributed by atoms with Gasteiger partial charge in [0, 0.05) is 28.5 Å². The van der Waals surface area contributed by atoms with Gasteiger partial charge in [0.25, 0.3) is 0 Å². The average molecular weight is 271 g/mol. The summed E-state index contributed by atoms with van der Waals surface area (Å²) in [5, 5.41) is 0. The number of esters is 1. The van der Waals surface area contributed by atoms with Crippen molar-refractivity contribution in [2.45, 2.75) is 26.5 Å². The number of carbonyl (C=O) groups excluding carboxylic acids is 1. The third-order valence-corrected chi connectivity index (χ3v) is 2.97. The van der Waals surface area contributed by atoms with Crippen LogP contribution in [0.25, 0.3) is 0 Å². The molecule has 1 aromatic carbocycles. The fourth-order valence-electron chi connectivity index (χ4n) is 1.42. The molecule has 0 bridgehead atoms. The number of hydrogen-bond donors (Lipinski definition) is 1. The van der Waals surface area contributed by atoms with E-state index < -0.39 is 16.8 Å². The lowest BCUT2D eigenvalue weighted by Crippen LogP contribution is -2.09. The smallest absolute Gasteiger partial charge is 0.338 e. The van der Waals surface area contributed by atoms with E-state index in [1.165, 1.54) is 7.11 Å². The number of hydrogen-bond acceptors (Lipinski definition) is 4. The van der Waals surface area contributed by atoms with Crippen LogP contribution in [0.5, 0.6) is 0 Å². The molecular formula is C13H21NO3S. The Morgan fingerprint density at radius 1 is 1.39 bits per heavy atom. The van der Waals surface area contributed by atoms with Crippen molar-refractivity contribution >= 4 is 22.5 Å². The summed E-state index contributed by atoms with van der Waals surface area (Å²) in [4.78, 5) is 11.5. The third kappa shape index (κ3) is 4.49. The molecular weight excluding hydrogens is 250 g/mol. The van der Waals surface area contributed by atoms with Crippen molar-refractivity contribution in [2.24, 2.45) is 0 Å². The maximum atomic E-state index is 11.5. The highest BCUT2D eigenvalue weighted by Crippen LogP contribution is 2.20. The van der Waals surface area contributed by atoms with Gasteiger partial charge in [-0.15, -0.1) is 0 Å². The first-order valence-electron chi connectivity index (χ1n) is 5.73. The van der Waals surface area contributed by atoms with Crippen LogP contribution in [0, 0.1) is 6.92 Å². The van der Waals surface area contributed by atoms with Gasteiger partial charge in [-0.2, -0.15) is 0 Å². The van der Waals surface area contributed by atoms with Gasteiger partial charge in [-0.3, -0.25) is 4.21 Å². The molecule has 2 N–H and O–H groups in total. The summed E-state index contributed by atoms with van der Waals surface area (Å²) in [5.74, 6) is -0.127. The molecule has 0 saturated heterocycles. The van der Waals surface area contributed by atoms with Gasteiger partial charge in [0.05, 0.1) is 12.7 Å². The van der Waals surface area contributed by atoms with Crippen molar-refractivity contribution < 1.29 is 13.7 Å². The van der Waals surface area contributed by atoms with Crippen molar-refractivity contribution in [3.8, 4) is 0 Å². The van der Waals surface area contributed by atoms with Crippen LogP contribution in [-0.4, -0.2) is 23.5 Å². The second kappa shape index (κ2) is 7.87. The number of ether oxygens (including phenoxy) is 1. The Labute approximate surface area is 111 Å². The summed E-state index contributed by atoms with van der Waals surface area (Å²) in [6, 6.07) is 3.35. The lowest BCUT2D eigenvalue weighted by Gasteiger charge is -2.10. The number of nitrogen functional groups attached to an aromatic ring is 1. The van der Waals surface area contributed by atoms with Gasteiger partial charge in [-0.1, -0.05) is 19.9 Å². The number of aryl methyl sites for hydroxylation is 1. The molecule has 5 heteroatoms. The highest BCUT2D eigenvalue weighted by Gasteiger charge is 2.14. The zero-order valence-corrected chi connectivity index (χ0v) is 12.4. The Hall–Kier alpha value is -1.36. The molecule has 0 aliphatic carbocycles. The molecule has 0 heterocycles. The fourth-order valence-corrected chi connectivity index (χ4v) is 2.10. The molecule has 0 aliphatic heterocycles. The molecule has 0 radical (unpaired) electrons. The lowest BCUT2D eigenvalue weighted by molar-refractivity contribution is 0.0600. The standard InChI is InChI=1S/C11H15NO3S.C2H6/c1-7-4-8(6-16(3)14)9(5-10(7)12)11(13)15-2;1-2/h4-5H,6,12H2,1-3H3;1-2H3. The Kier molecular flexibility index (Phi) is 7.27. The minimum Gasteiger partial charge on any atom is -0.465 e. The third-order valence-electron chi connectivity index (χ3n) is 2.26. The maximum absolute atomic E-state index is 11.5. The van der Waals surface area contributed by atoms with Gasteiger partial charge in [0.1, 0.15) is 0 Å². The number of anilines is 1. The van der Waals surface area contributed by atoms with Crippen LogP contribution in [0.1, 0.15) is 35.3 Å². The monoisotopic (exact) mass is 271 g/mol. The van der Waals surface area contributed by atoms with E-state index in [4.69, 9.17) is 5.73 Å². The Morgan fingerprint density at radius 2 is 1.94 bits per heavy atom. The van der Waals surface area contributed by atoms with Crippen LogP contribution in [0.3, 0.4) is 0 Å². The Morgan fingerprint density at radius 3 is 2.39 bits per heavy atom. The zero-order chi connectivity index (χ0) is 14.3. The molecule has 0 aromatic heterocycles. The average Bonchev–Trinajstić information content (AvgIpc) is 2.34. The molecule has 102 valence electrons. The number of rotatable bonds is 3. The van der Waals surface area contributed by atoms with E-state index in [0.717, 1.165) is 5.56 Å². The maximum Gasteiger partial charge on any atom is 0.338 e. The zero-order valence-electron chi connectivity index (χ0n) is 11.6. The predicted octanol–water partition coefficient (Wildman–Crippen LogP) is 2.27. The van der Waals surface area contributed by atoms with E-state index in [2.05, 4.69) is 4.74 Å². The van der Waals surface area contributed by atoms with Gasteiger partial charge in [0.15, 0.2) is 0 Å². The summed E-state index contributed by atoms with van der Waals surface area (Å²) in [7, 11) is 0.302. The molecule has 0 saturated carbocycles. The van der Waals surface area contributed by atoms with Crippen molar-refractivity contribution in [1.29, 1.82) is 0 Å². The van der Waals surface area contributed by atoms with Crippen LogP contribution in [0.2, 0.25) is 0 Å². The Bertz CT molecular complexity index is 444. The molecule has 0 spiro atoms. The van der Waals surface area contributed by atoms with Crippen LogP contribution in [0.15, 0.2) is 12.1 Å². The van der Waals surface area contributed by atoms with E-state index in [1.807, 2.05) is 20.8 Å². The second-order valence-electron chi connectivity index (χ2n) is 3.58. The lowest BCUT2D eigenvalue weighted by atomic mass is 10.0. The summed E-state index contributed by atoms with van der Waals surface area (Å²) in [6.07, 6.45) is 1.59. The van der Waals surface area contributed by atoms with E-state index in [9.17, 15) is 9.00 Å². The van der Waals surface area contributed by atoms with E-state index in [1.54, 1.807) is 18.4 Å². The van der Waals surface area contributed by atoms with Gasteiger partial charge in [-0.05, 0) is 24.1 Å². The molecule has 0 fully saturated rings. The van der Waals surface area contributed by atoms with Crippen LogP contribution in [-0.2, 0) is 21.3 Å². The van der Waals surface area contributed by atoms with Crippen molar-refractivity contribution in [3.05, 3.63) is 28.8 Å². The van der Waals surface area contributed by atoms with Crippen molar-refractivity contribution in [1.82, 2.24) is 0 Å². The van der Waals surface area contributed by atoms with Gasteiger partial charge >= 0.3 is 5.97 Å². The summed E-state index contributed by atoms with van der Waals surface area (Å²) in [6.45, 7) is 5.85. The fraction of sp³-hybridized carbons (Fsp3) is 0.462. The first kappa shape index (κ1) is 16.6. The topological polar surface area (TPSA) is 69.4 Å². The molecule has 1 unspecified atom stereocenters. The molecule has 1 rings (SSSR count). The molecule has 18 heavy (non-hydrogen) atoms. The van der Waals surface area contributed by atoms with Crippen LogP contribution in [0.4, 0.5) is 5.69 Å². The molecule has 1 atom stereocenters. The number of nitrogens with two attached hydrogens (primary N) is 1. The Balaban J connectivity index is 0.00000137. The largest absolute Gasteiger partial charge is 0.465 e. The highest BCUT2D eigenvalue weighted by molar-refractivity contribution is 7.83. The normalized spacial score (nSPS) is 11.2. The van der Waals surface area contributed by atoms with Crippen molar-refractivity contribution in [3.63, 3.8) is 0 Å². The van der Waals surface area contributed by atoms with E-state index in [0.29, 0.717) is 22.6 Å². The minimum atomic E-state index is -1.01. The van der Waals surface area contributed by atoms with E-state index in [-0.39, 0.29) is 0 Å². The minimum absolute atomic E-state index is 0.325. The van der Waals surface area contributed by atoms with Gasteiger partial charge < -0.3 is 10.5 Å². The van der Waals surface area contributed by atoms with Crippen LogP contribution >= 0.6 is 0 Å². The van der Waals surface area contributed by atoms with Crippen LogP contribution < -0.4 is 5.73 Å². The SMILES string of the molecule is CC.COC(=O)c1cc(N)c(C)cc1CS(C)=O. The molecule has 1 aromatic rings. The number of carbonyl (C=O) groups is 1. The van der Waals surface area contributed by atoms with Crippen molar-refractivity contribution in [2.75, 3.05) is 19.1 Å². The first-order valence-corrected chi connectivity index (χ1v) is 7.45. The summed E-state index contributed by atoms with van der Waals surface area (Å²) >= 11 is 0. The predicted molar refractivity (Wildman–Crippen MR) is 76.0 cm³/mol. The van der Waals surface area contributed by atoms with E-state index >= 15 is 0 Å². The molecule has 0 aliphatic rings. The second-order valence-corrected chi connectivity index (χ2v) is 5.01. The highest BCUT2D eigenvalue weighted by atomic mass is 32.2. The number of methoxy groups -OCH3 is 1. The molecule has 4 nitrogen and oxygen atoms in total. The number of benzene rings is 1. The summed E-state index contributed by atoms with van der Waals surface area (Å²) in [5.41, 5.74) is 8.23. The van der Waals surface area contributed by atoms with Gasteiger partial charge in [-0.25, -0.2) is 4.79 Å². The first-order chi connectivity index (χ1) is 8.45.